The van der Waals surface area contributed by atoms with Crippen molar-refractivity contribution in [3.8, 4) is 5.75 Å². The first-order valence-electron chi connectivity index (χ1n) is 16.6. The number of nitrogens with one attached hydrogen (secondary N) is 2. The van der Waals surface area contributed by atoms with Crippen LogP contribution in [0.1, 0.15) is 82.2 Å². The molecule has 2 atom stereocenters. The molecule has 2 amide bonds. The Kier molecular flexibility index (Phi) is 9.15. The van der Waals surface area contributed by atoms with Crippen LogP contribution in [0.25, 0.3) is 5.65 Å². The Hall–Kier alpha value is -4.90. The second kappa shape index (κ2) is 13.3. The second-order valence-electron chi connectivity index (χ2n) is 14.2. The minimum atomic E-state index is -0.651. The van der Waals surface area contributed by atoms with Gasteiger partial charge in [0, 0.05) is 30.3 Å². The lowest BCUT2D eigenvalue weighted by Gasteiger charge is -2.35. The number of rotatable bonds is 6. The molecular formula is C37H46N8O3. The van der Waals surface area contributed by atoms with Crippen molar-refractivity contribution in [2.75, 3.05) is 18.0 Å². The molecular weight excluding hydrogens is 604 g/mol. The van der Waals surface area contributed by atoms with E-state index < -0.39 is 5.60 Å². The van der Waals surface area contributed by atoms with Gasteiger partial charge in [-0.3, -0.25) is 9.72 Å². The maximum atomic E-state index is 13.4. The molecule has 0 bridgehead atoms. The summed E-state index contributed by atoms with van der Waals surface area (Å²) in [6.45, 7) is 11.4. The Labute approximate surface area is 281 Å². The van der Waals surface area contributed by atoms with E-state index in [1.807, 2.05) is 99.8 Å². The molecule has 2 aromatic carbocycles. The highest BCUT2D eigenvalue weighted by atomic mass is 16.5. The van der Waals surface area contributed by atoms with Gasteiger partial charge in [0.25, 0.3) is 0 Å². The largest absolute Gasteiger partial charge is 0.484 e. The summed E-state index contributed by atoms with van der Waals surface area (Å²) in [5.41, 5.74) is 10.7. The first kappa shape index (κ1) is 33.0. The molecule has 6 rings (SSSR count). The Bertz CT molecular complexity index is 1830. The highest BCUT2D eigenvalue weighted by Crippen LogP contribution is 2.39. The monoisotopic (exact) mass is 650 g/mol. The summed E-state index contributed by atoms with van der Waals surface area (Å²) < 4.78 is 8.55. The third-order valence-electron chi connectivity index (χ3n) is 9.18. The molecule has 2 aliphatic rings. The Morgan fingerprint density at radius 3 is 2.46 bits per heavy atom. The van der Waals surface area contributed by atoms with E-state index in [2.05, 4.69) is 31.8 Å². The summed E-state index contributed by atoms with van der Waals surface area (Å²) in [6.07, 6.45) is 6.21. The van der Waals surface area contributed by atoms with Crippen molar-refractivity contribution in [1.29, 1.82) is 0 Å². The van der Waals surface area contributed by atoms with Crippen molar-refractivity contribution in [3.63, 3.8) is 0 Å². The topological polar surface area (TPSA) is 142 Å². The van der Waals surface area contributed by atoms with E-state index >= 15 is 0 Å². The summed E-state index contributed by atoms with van der Waals surface area (Å²) in [7, 11) is 0. The van der Waals surface area contributed by atoms with Crippen molar-refractivity contribution < 1.29 is 14.6 Å². The number of anilines is 1. The number of allylic oxidation sites excluding steroid dienone is 1. The molecule has 0 saturated carbocycles. The number of fused-ring (bicyclic) bond motifs is 2. The first-order valence-corrected chi connectivity index (χ1v) is 16.6. The van der Waals surface area contributed by atoms with Crippen LogP contribution in [0.15, 0.2) is 83.6 Å². The summed E-state index contributed by atoms with van der Waals surface area (Å²) in [6, 6.07) is 19.1. The van der Waals surface area contributed by atoms with Gasteiger partial charge in [-0.1, -0.05) is 62.7 Å². The predicted octanol–water partition coefficient (Wildman–Crippen LogP) is 6.26. The number of amides is 2. The van der Waals surface area contributed by atoms with Gasteiger partial charge in [0.15, 0.2) is 5.65 Å². The van der Waals surface area contributed by atoms with Crippen LogP contribution in [0.5, 0.6) is 5.75 Å². The van der Waals surface area contributed by atoms with Gasteiger partial charge in [0.1, 0.15) is 17.7 Å². The fourth-order valence-corrected chi connectivity index (χ4v) is 6.05. The average molecular weight is 651 g/mol. The normalized spacial score (nSPS) is 19.9. The molecule has 252 valence electrons. The lowest BCUT2D eigenvalue weighted by atomic mass is 9.85. The van der Waals surface area contributed by atoms with Crippen molar-refractivity contribution in [2.45, 2.75) is 78.0 Å². The van der Waals surface area contributed by atoms with Crippen molar-refractivity contribution in [2.24, 2.45) is 16.1 Å². The van der Waals surface area contributed by atoms with Gasteiger partial charge in [0.05, 0.1) is 23.5 Å². The molecule has 4 aromatic rings. The van der Waals surface area contributed by atoms with E-state index in [0.717, 1.165) is 34.0 Å². The van der Waals surface area contributed by atoms with Crippen LogP contribution in [0.4, 0.5) is 16.4 Å². The van der Waals surface area contributed by atoms with Gasteiger partial charge in [-0.15, -0.1) is 10.2 Å². The van der Waals surface area contributed by atoms with Crippen LogP contribution in [0.2, 0.25) is 0 Å². The molecule has 1 saturated heterocycles. The smallest absolute Gasteiger partial charge is 0.320 e. The zero-order chi connectivity index (χ0) is 34.1. The number of hydrogen-bond acceptors (Lipinski definition) is 8. The molecule has 5 N–H and O–H groups in total. The number of aliphatic hydroxyl groups is 1. The lowest BCUT2D eigenvalue weighted by molar-refractivity contribution is 0.0348. The van der Waals surface area contributed by atoms with Gasteiger partial charge in [-0.25, -0.2) is 9.79 Å². The van der Waals surface area contributed by atoms with E-state index in [4.69, 9.17) is 15.5 Å². The molecule has 0 spiro atoms. The Balaban J connectivity index is 1.18. The standard InChI is InChI=1S/C37H46N8O3/c1-24-10-12-25(13-11-24)39-32(22-31(38)36(2,3)4)41-34(46)40-29-15-16-30(28-9-7-6-8-27(28)29)48-26-14-17-33-42-43-35(45(33)23-26)44-20-18-37(5,47)19-21-44/h6-14,17,22-23,29-30,47H,15-16,18-21,38H2,1-5H3,(H2,39,40,41,46)/t29-,30+/m0/s1. The van der Waals surface area contributed by atoms with E-state index in [0.29, 0.717) is 56.1 Å². The molecule has 3 heterocycles. The third kappa shape index (κ3) is 7.62. The predicted molar refractivity (Wildman–Crippen MR) is 189 cm³/mol. The number of nitrogens with zero attached hydrogens (tertiary/aromatic N) is 5. The first-order chi connectivity index (χ1) is 22.8. The fraction of sp³-hybridized carbons (Fsp3) is 0.405. The number of benzene rings is 2. The zero-order valence-corrected chi connectivity index (χ0v) is 28.4. The van der Waals surface area contributed by atoms with E-state index in [9.17, 15) is 9.90 Å². The van der Waals surface area contributed by atoms with Crippen molar-refractivity contribution >= 4 is 29.1 Å². The molecule has 11 heteroatoms. The van der Waals surface area contributed by atoms with E-state index in [1.54, 1.807) is 6.08 Å². The number of aromatic nitrogens is 3. The van der Waals surface area contributed by atoms with Gasteiger partial charge in [-0.05, 0) is 74.9 Å². The number of carbonyl (C=O) groups is 1. The van der Waals surface area contributed by atoms with Crippen LogP contribution in [-0.4, -0.2) is 50.3 Å². The fourth-order valence-electron chi connectivity index (χ4n) is 6.05. The maximum Gasteiger partial charge on any atom is 0.320 e. The molecule has 1 aliphatic heterocycles. The van der Waals surface area contributed by atoms with E-state index in [-0.39, 0.29) is 23.6 Å². The van der Waals surface area contributed by atoms with Crippen molar-refractivity contribution in [1.82, 2.24) is 25.2 Å². The molecule has 0 radical (unpaired) electrons. The SMILES string of the molecule is Cc1ccc(N=C(C=C(N)C(C)(C)C)NC(=O)N[C@H]2CC[C@@H](Oc3ccc4nnc(N5CCC(C)(O)CC5)n4c3)c3ccccc32)cc1. The average Bonchev–Trinajstić information content (AvgIpc) is 3.46. The van der Waals surface area contributed by atoms with Crippen LogP contribution in [0, 0.1) is 12.3 Å². The Morgan fingerprint density at radius 2 is 1.75 bits per heavy atom. The quantitative estimate of drug-likeness (QED) is 0.143. The molecule has 0 unspecified atom stereocenters. The number of amidine groups is 1. The number of pyridine rings is 1. The van der Waals surface area contributed by atoms with E-state index in [1.165, 1.54) is 0 Å². The number of aliphatic imine (C=N–C) groups is 1. The number of hydrogen-bond donors (Lipinski definition) is 4. The van der Waals surface area contributed by atoms with Crippen LogP contribution < -0.4 is 26.0 Å². The number of piperidine rings is 1. The third-order valence-corrected chi connectivity index (χ3v) is 9.18. The molecule has 2 aromatic heterocycles. The number of carbonyl (C=O) groups excluding carboxylic acids is 1. The number of nitrogens with two attached hydrogens (primary N) is 1. The summed E-state index contributed by atoms with van der Waals surface area (Å²) in [4.78, 5) is 20.3. The van der Waals surface area contributed by atoms with Crippen LogP contribution in [-0.2, 0) is 0 Å². The number of ether oxygens (including phenoxy) is 1. The molecule has 1 fully saturated rings. The highest BCUT2D eigenvalue weighted by Gasteiger charge is 2.31. The maximum absolute atomic E-state index is 13.4. The van der Waals surface area contributed by atoms with Crippen molar-refractivity contribution in [3.05, 3.63) is 95.3 Å². The number of aryl methyl sites for hydroxylation is 1. The Morgan fingerprint density at radius 1 is 1.04 bits per heavy atom. The van der Waals surface area contributed by atoms with Gasteiger partial charge in [-0.2, -0.15) is 0 Å². The lowest BCUT2D eigenvalue weighted by Crippen LogP contribution is -2.43. The minimum absolute atomic E-state index is 0.196. The van der Waals surface area contributed by atoms with Crippen LogP contribution >= 0.6 is 0 Å². The summed E-state index contributed by atoms with van der Waals surface area (Å²) in [5, 5.41) is 25.3. The van der Waals surface area contributed by atoms with Gasteiger partial charge in [0.2, 0.25) is 5.95 Å². The minimum Gasteiger partial charge on any atom is -0.484 e. The summed E-state index contributed by atoms with van der Waals surface area (Å²) >= 11 is 0. The van der Waals surface area contributed by atoms with Gasteiger partial charge < -0.3 is 25.8 Å². The highest BCUT2D eigenvalue weighted by molar-refractivity contribution is 6.05. The number of urea groups is 1. The molecule has 48 heavy (non-hydrogen) atoms. The molecule has 11 nitrogen and oxygen atoms in total. The van der Waals surface area contributed by atoms with Gasteiger partial charge >= 0.3 is 6.03 Å². The second-order valence-corrected chi connectivity index (χ2v) is 14.2. The zero-order valence-electron chi connectivity index (χ0n) is 28.4. The van der Waals surface area contributed by atoms with Crippen LogP contribution in [0.3, 0.4) is 0 Å². The summed E-state index contributed by atoms with van der Waals surface area (Å²) in [5.74, 6) is 1.82. The molecule has 1 aliphatic carbocycles.